The van der Waals surface area contributed by atoms with E-state index in [0.717, 1.165) is 11.4 Å². The van der Waals surface area contributed by atoms with Crippen molar-refractivity contribution in [2.45, 2.75) is 18.2 Å². The summed E-state index contributed by atoms with van der Waals surface area (Å²) in [6.07, 6.45) is 0.994. The maximum atomic E-state index is 5.89. The Labute approximate surface area is 116 Å². The Morgan fingerprint density at radius 3 is 2.35 bits per heavy atom. The quantitative estimate of drug-likeness (QED) is 0.672. The molecule has 0 amide bonds. The predicted molar refractivity (Wildman–Crippen MR) is 78.0 cm³/mol. The highest BCUT2D eigenvalue weighted by molar-refractivity contribution is 9.09. The fourth-order valence-corrected chi connectivity index (χ4v) is 2.60. The average molecular weight is 310 g/mol. The first kappa shape index (κ1) is 12.7. The van der Waals surface area contributed by atoms with E-state index in [0.29, 0.717) is 4.83 Å². The number of alkyl halides is 1. The van der Waals surface area contributed by atoms with Gasteiger partial charge in [-0.15, -0.1) is 0 Å². The molecule has 0 aliphatic rings. The summed E-state index contributed by atoms with van der Waals surface area (Å²) < 4.78 is 0. The molecule has 0 N–H and O–H groups in total. The van der Waals surface area contributed by atoms with Crippen molar-refractivity contribution in [2.24, 2.45) is 0 Å². The Morgan fingerprint density at radius 1 is 1.06 bits per heavy atom. The van der Waals surface area contributed by atoms with E-state index in [2.05, 4.69) is 59.3 Å². The van der Waals surface area contributed by atoms with Gasteiger partial charge in [-0.3, -0.25) is 0 Å². The third-order valence-corrected chi connectivity index (χ3v) is 4.00. The molecule has 17 heavy (non-hydrogen) atoms. The maximum absolute atomic E-state index is 5.89. The van der Waals surface area contributed by atoms with Gasteiger partial charge in [-0.1, -0.05) is 63.9 Å². The zero-order chi connectivity index (χ0) is 12.3. The number of hydrogen-bond donors (Lipinski definition) is 0. The number of benzene rings is 2. The summed E-state index contributed by atoms with van der Waals surface area (Å²) in [6, 6.07) is 16.5. The molecule has 2 aromatic rings. The maximum Gasteiger partial charge on any atom is 0.0435 e. The van der Waals surface area contributed by atoms with E-state index >= 15 is 0 Å². The molecule has 0 bridgehead atoms. The second-order valence-electron chi connectivity index (χ2n) is 4.15. The SMILES string of the molecule is Cc1ccccc1CC(Br)c1ccc(Cl)cc1. The monoisotopic (exact) mass is 308 g/mol. The normalized spacial score (nSPS) is 12.4. The fraction of sp³-hybridized carbons (Fsp3) is 0.200. The van der Waals surface area contributed by atoms with E-state index in [1.165, 1.54) is 16.7 Å². The number of halogens is 2. The van der Waals surface area contributed by atoms with Crippen molar-refractivity contribution in [2.75, 3.05) is 0 Å². The van der Waals surface area contributed by atoms with Crippen molar-refractivity contribution in [1.29, 1.82) is 0 Å². The van der Waals surface area contributed by atoms with Crippen LogP contribution in [-0.4, -0.2) is 0 Å². The molecule has 1 atom stereocenters. The van der Waals surface area contributed by atoms with Crippen LogP contribution in [0.1, 0.15) is 21.5 Å². The Morgan fingerprint density at radius 2 is 1.71 bits per heavy atom. The molecule has 0 aromatic heterocycles. The number of aryl methyl sites for hydroxylation is 1. The molecule has 0 aliphatic heterocycles. The minimum Gasteiger partial charge on any atom is -0.0843 e. The molecule has 1 unspecified atom stereocenters. The molecule has 0 nitrogen and oxygen atoms in total. The molecular formula is C15H14BrCl. The summed E-state index contributed by atoms with van der Waals surface area (Å²) in [7, 11) is 0. The second kappa shape index (κ2) is 5.70. The van der Waals surface area contributed by atoms with E-state index in [9.17, 15) is 0 Å². The van der Waals surface area contributed by atoms with Crippen LogP contribution in [0.2, 0.25) is 5.02 Å². The van der Waals surface area contributed by atoms with Gasteiger partial charge < -0.3 is 0 Å². The molecule has 0 radical (unpaired) electrons. The Hall–Kier alpha value is -0.790. The van der Waals surface area contributed by atoms with Crippen LogP contribution in [0.25, 0.3) is 0 Å². The van der Waals surface area contributed by atoms with Crippen LogP contribution < -0.4 is 0 Å². The van der Waals surface area contributed by atoms with Crippen molar-refractivity contribution in [1.82, 2.24) is 0 Å². The standard InChI is InChI=1S/C15H14BrCl/c1-11-4-2-3-5-13(11)10-15(16)12-6-8-14(17)9-7-12/h2-9,15H,10H2,1H3. The summed E-state index contributed by atoms with van der Waals surface area (Å²) in [4.78, 5) is 0.334. The largest absolute Gasteiger partial charge is 0.0843 e. The lowest BCUT2D eigenvalue weighted by molar-refractivity contribution is 0.939. The van der Waals surface area contributed by atoms with Crippen LogP contribution in [0.15, 0.2) is 48.5 Å². The van der Waals surface area contributed by atoms with Crippen LogP contribution >= 0.6 is 27.5 Å². The predicted octanol–water partition coefficient (Wildman–Crippen LogP) is 5.33. The lowest BCUT2D eigenvalue weighted by atomic mass is 10.0. The highest BCUT2D eigenvalue weighted by atomic mass is 79.9. The molecule has 0 aliphatic carbocycles. The third kappa shape index (κ3) is 3.34. The molecule has 0 fully saturated rings. The lowest BCUT2D eigenvalue weighted by Crippen LogP contribution is -1.97. The Bertz CT molecular complexity index is 491. The summed E-state index contributed by atoms with van der Waals surface area (Å²) in [6.45, 7) is 2.15. The first-order chi connectivity index (χ1) is 8.16. The highest BCUT2D eigenvalue weighted by Gasteiger charge is 2.09. The number of rotatable bonds is 3. The summed E-state index contributed by atoms with van der Waals surface area (Å²) in [5, 5.41) is 0.782. The van der Waals surface area contributed by atoms with Crippen LogP contribution in [0.5, 0.6) is 0 Å². The van der Waals surface area contributed by atoms with Gasteiger partial charge in [-0.25, -0.2) is 0 Å². The molecule has 0 spiro atoms. The van der Waals surface area contributed by atoms with Crippen molar-refractivity contribution in [3.63, 3.8) is 0 Å². The Kier molecular flexibility index (Phi) is 4.25. The van der Waals surface area contributed by atoms with Crippen LogP contribution in [0, 0.1) is 6.92 Å². The first-order valence-electron chi connectivity index (χ1n) is 5.61. The van der Waals surface area contributed by atoms with Gasteiger partial charge in [-0.05, 0) is 42.2 Å². The number of hydrogen-bond acceptors (Lipinski definition) is 0. The van der Waals surface area contributed by atoms with Crippen molar-refractivity contribution < 1.29 is 0 Å². The van der Waals surface area contributed by atoms with Gasteiger partial charge in [-0.2, -0.15) is 0 Å². The van der Waals surface area contributed by atoms with E-state index in [-0.39, 0.29) is 0 Å². The van der Waals surface area contributed by atoms with Crippen molar-refractivity contribution in [3.8, 4) is 0 Å². The van der Waals surface area contributed by atoms with Gasteiger partial charge in [0.2, 0.25) is 0 Å². The third-order valence-electron chi connectivity index (χ3n) is 2.89. The topological polar surface area (TPSA) is 0 Å². The molecule has 0 saturated heterocycles. The van der Waals surface area contributed by atoms with Gasteiger partial charge in [0.25, 0.3) is 0 Å². The van der Waals surface area contributed by atoms with Crippen molar-refractivity contribution >= 4 is 27.5 Å². The van der Waals surface area contributed by atoms with E-state index in [4.69, 9.17) is 11.6 Å². The minimum atomic E-state index is 0.334. The molecule has 2 aromatic carbocycles. The minimum absolute atomic E-state index is 0.334. The zero-order valence-electron chi connectivity index (χ0n) is 9.66. The second-order valence-corrected chi connectivity index (χ2v) is 5.69. The van der Waals surface area contributed by atoms with Gasteiger partial charge >= 0.3 is 0 Å². The highest BCUT2D eigenvalue weighted by Crippen LogP contribution is 2.28. The zero-order valence-corrected chi connectivity index (χ0v) is 12.0. The average Bonchev–Trinajstić information content (AvgIpc) is 2.33. The van der Waals surface area contributed by atoms with Crippen molar-refractivity contribution in [3.05, 3.63) is 70.2 Å². The molecular weight excluding hydrogens is 296 g/mol. The first-order valence-corrected chi connectivity index (χ1v) is 6.90. The van der Waals surface area contributed by atoms with Crippen LogP contribution in [0.3, 0.4) is 0 Å². The molecule has 0 saturated carbocycles. The lowest BCUT2D eigenvalue weighted by Gasteiger charge is -2.12. The van der Waals surface area contributed by atoms with Gasteiger partial charge in [0.15, 0.2) is 0 Å². The Balaban J connectivity index is 2.14. The van der Waals surface area contributed by atoms with E-state index < -0.39 is 0 Å². The van der Waals surface area contributed by atoms with Gasteiger partial charge in [0, 0.05) is 9.85 Å². The molecule has 2 rings (SSSR count). The van der Waals surface area contributed by atoms with Crippen LogP contribution in [0.4, 0.5) is 0 Å². The summed E-state index contributed by atoms with van der Waals surface area (Å²) in [5.74, 6) is 0. The summed E-state index contributed by atoms with van der Waals surface area (Å²) >= 11 is 9.62. The summed E-state index contributed by atoms with van der Waals surface area (Å²) in [5.41, 5.74) is 3.98. The van der Waals surface area contributed by atoms with Gasteiger partial charge in [0.05, 0.1) is 0 Å². The van der Waals surface area contributed by atoms with E-state index in [1.807, 2.05) is 12.1 Å². The van der Waals surface area contributed by atoms with Crippen LogP contribution in [-0.2, 0) is 6.42 Å². The molecule has 88 valence electrons. The molecule has 2 heteroatoms. The van der Waals surface area contributed by atoms with Gasteiger partial charge in [0.1, 0.15) is 0 Å². The fourth-order valence-electron chi connectivity index (χ4n) is 1.82. The van der Waals surface area contributed by atoms with E-state index in [1.54, 1.807) is 0 Å². The smallest absolute Gasteiger partial charge is 0.0435 e. The molecule has 0 heterocycles.